The molecule has 90 valence electrons. The van der Waals surface area contributed by atoms with Crippen LogP contribution >= 0.6 is 11.6 Å². The molecule has 1 fully saturated rings. The van der Waals surface area contributed by atoms with Gasteiger partial charge in [0.25, 0.3) is 0 Å². The zero-order valence-corrected chi connectivity index (χ0v) is 10.2. The Morgan fingerprint density at radius 3 is 3.06 bits per heavy atom. The third-order valence-corrected chi connectivity index (χ3v) is 3.42. The number of aliphatic hydroxyl groups is 1. The van der Waals surface area contributed by atoms with Crippen molar-refractivity contribution in [2.75, 3.05) is 13.7 Å². The minimum Gasteiger partial charge on any atom is -0.393 e. The van der Waals surface area contributed by atoms with E-state index in [0.717, 1.165) is 25.0 Å². The van der Waals surface area contributed by atoms with E-state index in [2.05, 4.69) is 5.10 Å². The van der Waals surface area contributed by atoms with Crippen molar-refractivity contribution < 1.29 is 9.84 Å². The van der Waals surface area contributed by atoms with Gasteiger partial charge < -0.3 is 9.84 Å². The minimum absolute atomic E-state index is 0.188. The van der Waals surface area contributed by atoms with E-state index in [1.165, 1.54) is 0 Å². The molecule has 0 bridgehead atoms. The van der Waals surface area contributed by atoms with Crippen molar-refractivity contribution in [1.82, 2.24) is 9.78 Å². The van der Waals surface area contributed by atoms with Crippen LogP contribution in [-0.2, 0) is 11.3 Å². The Balaban J connectivity index is 2.14. The Kier molecular flexibility index (Phi) is 3.84. The lowest BCUT2D eigenvalue weighted by molar-refractivity contribution is 0.177. The molecule has 0 saturated heterocycles. The Morgan fingerprint density at radius 1 is 1.62 bits per heavy atom. The molecule has 1 aliphatic rings. The maximum atomic E-state index is 9.56. The largest absolute Gasteiger partial charge is 0.393 e. The molecule has 1 heterocycles. The molecule has 1 aromatic heterocycles. The number of halogens is 1. The van der Waals surface area contributed by atoms with E-state index in [1.807, 2.05) is 4.68 Å². The molecule has 0 aliphatic heterocycles. The van der Waals surface area contributed by atoms with Gasteiger partial charge in [0.05, 0.1) is 36.2 Å². The smallest absolute Gasteiger partial charge is 0.0820 e. The number of nitrogens with zero attached hydrogens (tertiary/aromatic N) is 2. The summed E-state index contributed by atoms with van der Waals surface area (Å²) < 4.78 is 6.94. The Bertz CT molecular complexity index is 354. The van der Waals surface area contributed by atoms with Crippen molar-refractivity contribution in [2.24, 2.45) is 0 Å². The predicted octanol–water partition coefficient (Wildman–Crippen LogP) is 1.81. The van der Waals surface area contributed by atoms with Crippen molar-refractivity contribution in [2.45, 2.75) is 37.8 Å². The quantitative estimate of drug-likeness (QED) is 0.879. The molecule has 1 N–H and O–H groups in total. The van der Waals surface area contributed by atoms with Crippen LogP contribution in [0.2, 0.25) is 5.02 Å². The number of aromatic nitrogens is 2. The van der Waals surface area contributed by atoms with Crippen LogP contribution in [0.15, 0.2) is 6.20 Å². The second-order valence-corrected chi connectivity index (χ2v) is 4.66. The topological polar surface area (TPSA) is 47.3 Å². The average Bonchev–Trinajstić information content (AvgIpc) is 2.82. The first-order chi connectivity index (χ1) is 7.72. The molecule has 1 aromatic rings. The average molecular weight is 245 g/mol. The first-order valence-corrected chi connectivity index (χ1v) is 5.98. The van der Waals surface area contributed by atoms with E-state index in [0.29, 0.717) is 24.1 Å². The van der Waals surface area contributed by atoms with E-state index >= 15 is 0 Å². The van der Waals surface area contributed by atoms with Crippen LogP contribution in [0, 0.1) is 0 Å². The van der Waals surface area contributed by atoms with Crippen molar-refractivity contribution in [1.29, 1.82) is 0 Å². The van der Waals surface area contributed by atoms with Crippen molar-refractivity contribution in [3.63, 3.8) is 0 Å². The molecular weight excluding hydrogens is 228 g/mol. The second-order valence-electron chi connectivity index (χ2n) is 4.26. The third kappa shape index (κ3) is 2.39. The standard InChI is InChI=1S/C11H17ClN2O2/c1-16-5-4-14-11(10(12)7-13-14)8-2-3-9(15)6-8/h7-9,15H,2-6H2,1H3. The molecule has 0 radical (unpaired) electrons. The summed E-state index contributed by atoms with van der Waals surface area (Å²) in [5.41, 5.74) is 1.05. The van der Waals surface area contributed by atoms with Crippen LogP contribution in [0.4, 0.5) is 0 Å². The lowest BCUT2D eigenvalue weighted by atomic mass is 10.0. The van der Waals surface area contributed by atoms with E-state index < -0.39 is 0 Å². The van der Waals surface area contributed by atoms with Crippen LogP contribution in [0.5, 0.6) is 0 Å². The summed E-state index contributed by atoms with van der Waals surface area (Å²) in [4.78, 5) is 0. The molecule has 0 spiro atoms. The van der Waals surface area contributed by atoms with Gasteiger partial charge in [0, 0.05) is 13.0 Å². The summed E-state index contributed by atoms with van der Waals surface area (Å²) in [6.45, 7) is 1.34. The minimum atomic E-state index is -0.188. The van der Waals surface area contributed by atoms with E-state index in [-0.39, 0.29) is 6.10 Å². The Hall–Kier alpha value is -0.580. The first kappa shape index (κ1) is 11.9. The number of rotatable bonds is 4. The SMILES string of the molecule is COCCn1ncc(Cl)c1C1CCC(O)C1. The molecule has 2 atom stereocenters. The number of aliphatic hydroxyl groups excluding tert-OH is 1. The van der Waals surface area contributed by atoms with Gasteiger partial charge >= 0.3 is 0 Å². The molecule has 5 heteroatoms. The van der Waals surface area contributed by atoms with Crippen molar-refractivity contribution >= 4 is 11.6 Å². The maximum absolute atomic E-state index is 9.56. The molecule has 4 nitrogen and oxygen atoms in total. The van der Waals surface area contributed by atoms with Crippen LogP contribution in [0.25, 0.3) is 0 Å². The fourth-order valence-corrected chi connectivity index (χ4v) is 2.64. The van der Waals surface area contributed by atoms with Gasteiger partial charge in [-0.15, -0.1) is 0 Å². The highest BCUT2D eigenvalue weighted by Gasteiger charge is 2.28. The van der Waals surface area contributed by atoms with Gasteiger partial charge in [-0.05, 0) is 19.3 Å². The van der Waals surface area contributed by atoms with Crippen molar-refractivity contribution in [3.05, 3.63) is 16.9 Å². The van der Waals surface area contributed by atoms with Gasteiger partial charge in [0.2, 0.25) is 0 Å². The van der Waals surface area contributed by atoms with Crippen LogP contribution in [0.1, 0.15) is 30.9 Å². The number of hydrogen-bond donors (Lipinski definition) is 1. The highest BCUT2D eigenvalue weighted by atomic mass is 35.5. The number of ether oxygens (including phenoxy) is 1. The molecule has 16 heavy (non-hydrogen) atoms. The Morgan fingerprint density at radius 2 is 2.44 bits per heavy atom. The van der Waals surface area contributed by atoms with Crippen LogP contribution in [0.3, 0.4) is 0 Å². The normalized spacial score (nSPS) is 25.2. The second kappa shape index (κ2) is 5.17. The maximum Gasteiger partial charge on any atom is 0.0820 e. The molecule has 1 aliphatic carbocycles. The first-order valence-electron chi connectivity index (χ1n) is 5.60. The van der Waals surface area contributed by atoms with Gasteiger partial charge in [-0.3, -0.25) is 4.68 Å². The van der Waals surface area contributed by atoms with Crippen LogP contribution in [-0.4, -0.2) is 34.7 Å². The molecular formula is C11H17ClN2O2. The zero-order valence-electron chi connectivity index (χ0n) is 9.40. The van der Waals surface area contributed by atoms with E-state index in [9.17, 15) is 5.11 Å². The summed E-state index contributed by atoms with van der Waals surface area (Å²) in [6.07, 6.45) is 4.12. The fourth-order valence-electron chi connectivity index (χ4n) is 2.34. The van der Waals surface area contributed by atoms with Gasteiger partial charge in [-0.25, -0.2) is 0 Å². The van der Waals surface area contributed by atoms with Gasteiger partial charge in [-0.2, -0.15) is 5.10 Å². The molecule has 0 aromatic carbocycles. The van der Waals surface area contributed by atoms with Gasteiger partial charge in [-0.1, -0.05) is 11.6 Å². The van der Waals surface area contributed by atoms with Gasteiger partial charge in [0.15, 0.2) is 0 Å². The molecule has 0 amide bonds. The Labute approximate surface area is 100 Å². The molecule has 2 rings (SSSR count). The lowest BCUT2D eigenvalue weighted by Gasteiger charge is -2.13. The highest BCUT2D eigenvalue weighted by molar-refractivity contribution is 6.31. The summed E-state index contributed by atoms with van der Waals surface area (Å²) in [6, 6.07) is 0. The molecule has 2 unspecified atom stereocenters. The van der Waals surface area contributed by atoms with E-state index in [4.69, 9.17) is 16.3 Å². The number of hydrogen-bond acceptors (Lipinski definition) is 3. The third-order valence-electron chi connectivity index (χ3n) is 3.13. The van der Waals surface area contributed by atoms with Crippen molar-refractivity contribution in [3.8, 4) is 0 Å². The van der Waals surface area contributed by atoms with E-state index in [1.54, 1.807) is 13.3 Å². The van der Waals surface area contributed by atoms with Crippen LogP contribution < -0.4 is 0 Å². The fraction of sp³-hybridized carbons (Fsp3) is 0.727. The summed E-state index contributed by atoms with van der Waals surface area (Å²) in [5.74, 6) is 0.335. The zero-order chi connectivity index (χ0) is 11.5. The number of methoxy groups -OCH3 is 1. The summed E-state index contributed by atoms with van der Waals surface area (Å²) in [7, 11) is 1.67. The summed E-state index contributed by atoms with van der Waals surface area (Å²) >= 11 is 6.15. The van der Waals surface area contributed by atoms with Gasteiger partial charge in [0.1, 0.15) is 0 Å². The predicted molar refractivity (Wildman–Crippen MR) is 61.7 cm³/mol. The molecule has 1 saturated carbocycles. The lowest BCUT2D eigenvalue weighted by Crippen LogP contribution is -2.12. The highest BCUT2D eigenvalue weighted by Crippen LogP contribution is 2.37. The summed E-state index contributed by atoms with van der Waals surface area (Å²) in [5, 5.41) is 14.5. The monoisotopic (exact) mass is 244 g/mol.